The van der Waals surface area contributed by atoms with E-state index in [1.807, 2.05) is 59.4 Å². The zero-order valence-corrected chi connectivity index (χ0v) is 18.1. The molecule has 3 fully saturated rings. The van der Waals surface area contributed by atoms with Crippen LogP contribution in [-0.4, -0.2) is 70.3 Å². The number of hydrogen-bond donors (Lipinski definition) is 0. The third-order valence-electron chi connectivity index (χ3n) is 7.71. The van der Waals surface area contributed by atoms with Crippen LogP contribution in [0.4, 0.5) is 0 Å². The second-order valence-electron chi connectivity index (χ2n) is 9.31. The maximum absolute atomic E-state index is 13.1. The number of amides is 2. The van der Waals surface area contributed by atoms with E-state index < -0.39 is 0 Å². The number of benzene rings is 1. The standard InChI is InChI=1S/C25H30N4O2/c1-27-24(31)21-17-28(16-20-8-5-11-26-15-20)18-22(21)25(27)9-12-29(13-10-25)23(30)14-19-6-3-2-4-7-19/h2-8,11,15,21-22H,9-10,12-14,16-18H2,1H3/t21-,22+/m0/s1. The number of pyridine rings is 1. The smallest absolute Gasteiger partial charge is 0.227 e. The van der Waals surface area contributed by atoms with Crippen LogP contribution < -0.4 is 0 Å². The number of likely N-dealkylation sites (tertiary alicyclic amines) is 3. The molecule has 2 amide bonds. The molecule has 6 nitrogen and oxygen atoms in total. The highest BCUT2D eigenvalue weighted by molar-refractivity contribution is 5.84. The lowest BCUT2D eigenvalue weighted by molar-refractivity contribution is -0.136. The average Bonchev–Trinajstić information content (AvgIpc) is 3.30. The Morgan fingerprint density at radius 1 is 1.06 bits per heavy atom. The molecule has 162 valence electrons. The molecule has 0 unspecified atom stereocenters. The second kappa shape index (κ2) is 8.08. The van der Waals surface area contributed by atoms with Gasteiger partial charge in [-0.3, -0.25) is 19.5 Å². The molecule has 4 heterocycles. The van der Waals surface area contributed by atoms with Crippen LogP contribution in [0, 0.1) is 11.8 Å². The number of aromatic nitrogens is 1. The summed E-state index contributed by atoms with van der Waals surface area (Å²) in [5.74, 6) is 0.887. The molecule has 2 aromatic rings. The summed E-state index contributed by atoms with van der Waals surface area (Å²) in [4.78, 5) is 36.6. The van der Waals surface area contributed by atoms with E-state index >= 15 is 0 Å². The summed E-state index contributed by atoms with van der Waals surface area (Å²) >= 11 is 0. The number of fused-ring (bicyclic) bond motifs is 2. The fourth-order valence-electron chi connectivity index (χ4n) is 6.01. The topological polar surface area (TPSA) is 56.8 Å². The first-order chi connectivity index (χ1) is 15.1. The summed E-state index contributed by atoms with van der Waals surface area (Å²) in [5, 5.41) is 0. The third-order valence-corrected chi connectivity index (χ3v) is 7.71. The monoisotopic (exact) mass is 418 g/mol. The van der Waals surface area contributed by atoms with E-state index in [2.05, 4.69) is 16.0 Å². The molecule has 1 spiro atoms. The van der Waals surface area contributed by atoms with Crippen molar-refractivity contribution < 1.29 is 9.59 Å². The van der Waals surface area contributed by atoms with Crippen molar-refractivity contribution in [2.45, 2.75) is 31.3 Å². The van der Waals surface area contributed by atoms with Gasteiger partial charge in [-0.2, -0.15) is 0 Å². The largest absolute Gasteiger partial charge is 0.342 e. The summed E-state index contributed by atoms with van der Waals surface area (Å²) < 4.78 is 0. The highest BCUT2D eigenvalue weighted by Crippen LogP contribution is 2.49. The number of carbonyl (C=O) groups is 2. The number of piperidine rings is 1. The summed E-state index contributed by atoms with van der Waals surface area (Å²) in [5.41, 5.74) is 2.14. The molecular weight excluding hydrogens is 388 g/mol. The minimum atomic E-state index is -0.116. The van der Waals surface area contributed by atoms with Gasteiger partial charge in [0, 0.05) is 58.1 Å². The molecule has 5 rings (SSSR count). The van der Waals surface area contributed by atoms with Crippen molar-refractivity contribution in [3.63, 3.8) is 0 Å². The van der Waals surface area contributed by atoms with Crippen LogP contribution in [0.5, 0.6) is 0 Å². The molecule has 6 heteroatoms. The maximum atomic E-state index is 13.1. The normalized spacial score (nSPS) is 25.3. The third kappa shape index (κ3) is 3.63. The minimum absolute atomic E-state index is 0.0771. The number of hydrogen-bond acceptors (Lipinski definition) is 4. The van der Waals surface area contributed by atoms with Crippen molar-refractivity contribution in [1.29, 1.82) is 0 Å². The number of carbonyl (C=O) groups excluding carboxylic acids is 2. The van der Waals surface area contributed by atoms with Crippen molar-refractivity contribution in [2.75, 3.05) is 33.2 Å². The molecule has 3 aliphatic heterocycles. The first-order valence-electron chi connectivity index (χ1n) is 11.3. The van der Waals surface area contributed by atoms with Crippen LogP contribution in [0.25, 0.3) is 0 Å². The molecule has 1 aromatic heterocycles. The summed E-state index contributed by atoms with van der Waals surface area (Å²) in [6.07, 6.45) is 5.90. The summed E-state index contributed by atoms with van der Waals surface area (Å²) in [6.45, 7) is 4.06. The van der Waals surface area contributed by atoms with Crippen molar-refractivity contribution in [1.82, 2.24) is 19.7 Å². The lowest BCUT2D eigenvalue weighted by atomic mass is 9.75. The van der Waals surface area contributed by atoms with Gasteiger partial charge < -0.3 is 9.80 Å². The quantitative estimate of drug-likeness (QED) is 0.764. The van der Waals surface area contributed by atoms with Crippen LogP contribution in [0.1, 0.15) is 24.0 Å². The Morgan fingerprint density at radius 3 is 2.52 bits per heavy atom. The van der Waals surface area contributed by atoms with Gasteiger partial charge in [0.1, 0.15) is 0 Å². The van der Waals surface area contributed by atoms with Gasteiger partial charge in [-0.1, -0.05) is 36.4 Å². The Balaban J connectivity index is 1.25. The molecular formula is C25H30N4O2. The summed E-state index contributed by atoms with van der Waals surface area (Å²) in [6, 6.07) is 14.0. The van der Waals surface area contributed by atoms with Crippen LogP contribution in [0.2, 0.25) is 0 Å². The fourth-order valence-corrected chi connectivity index (χ4v) is 6.01. The second-order valence-corrected chi connectivity index (χ2v) is 9.31. The van der Waals surface area contributed by atoms with Gasteiger partial charge in [0.05, 0.1) is 17.9 Å². The zero-order valence-electron chi connectivity index (χ0n) is 18.1. The van der Waals surface area contributed by atoms with Crippen LogP contribution >= 0.6 is 0 Å². The van der Waals surface area contributed by atoms with Gasteiger partial charge in [-0.15, -0.1) is 0 Å². The number of nitrogens with zero attached hydrogens (tertiary/aromatic N) is 4. The van der Waals surface area contributed by atoms with Gasteiger partial charge in [0.25, 0.3) is 0 Å². The van der Waals surface area contributed by atoms with E-state index in [9.17, 15) is 9.59 Å². The Labute approximate surface area is 183 Å². The first kappa shape index (κ1) is 20.2. The van der Waals surface area contributed by atoms with Crippen molar-refractivity contribution in [2.24, 2.45) is 11.8 Å². The first-order valence-corrected chi connectivity index (χ1v) is 11.3. The lowest BCUT2D eigenvalue weighted by Crippen LogP contribution is -2.56. The molecule has 3 saturated heterocycles. The Bertz CT molecular complexity index is 941. The van der Waals surface area contributed by atoms with E-state index in [4.69, 9.17) is 0 Å². The molecule has 2 atom stereocenters. The molecule has 0 radical (unpaired) electrons. The van der Waals surface area contributed by atoms with Gasteiger partial charge in [-0.05, 0) is 30.0 Å². The van der Waals surface area contributed by atoms with Crippen LogP contribution in [0.15, 0.2) is 54.9 Å². The van der Waals surface area contributed by atoms with Gasteiger partial charge in [0.2, 0.25) is 11.8 Å². The maximum Gasteiger partial charge on any atom is 0.227 e. The number of rotatable bonds is 4. The van der Waals surface area contributed by atoms with Gasteiger partial charge in [0.15, 0.2) is 0 Å². The molecule has 0 aliphatic carbocycles. The molecule has 0 bridgehead atoms. The van der Waals surface area contributed by atoms with E-state index in [-0.39, 0.29) is 23.3 Å². The highest BCUT2D eigenvalue weighted by atomic mass is 16.2. The van der Waals surface area contributed by atoms with E-state index in [1.54, 1.807) is 6.20 Å². The van der Waals surface area contributed by atoms with Crippen LogP contribution in [-0.2, 0) is 22.6 Å². The van der Waals surface area contributed by atoms with Crippen molar-refractivity contribution in [3.05, 3.63) is 66.0 Å². The molecule has 0 saturated carbocycles. The molecule has 31 heavy (non-hydrogen) atoms. The van der Waals surface area contributed by atoms with Crippen LogP contribution in [0.3, 0.4) is 0 Å². The fraction of sp³-hybridized carbons (Fsp3) is 0.480. The van der Waals surface area contributed by atoms with E-state index in [0.717, 1.165) is 51.1 Å². The molecule has 1 aromatic carbocycles. The minimum Gasteiger partial charge on any atom is -0.342 e. The Hall–Kier alpha value is -2.73. The van der Waals surface area contributed by atoms with E-state index in [0.29, 0.717) is 12.3 Å². The van der Waals surface area contributed by atoms with Crippen molar-refractivity contribution in [3.8, 4) is 0 Å². The molecule has 3 aliphatic rings. The zero-order chi connectivity index (χ0) is 21.4. The van der Waals surface area contributed by atoms with Gasteiger partial charge >= 0.3 is 0 Å². The molecule has 0 N–H and O–H groups in total. The Kier molecular flexibility index (Phi) is 5.26. The lowest BCUT2D eigenvalue weighted by Gasteiger charge is -2.46. The van der Waals surface area contributed by atoms with Gasteiger partial charge in [-0.25, -0.2) is 0 Å². The Morgan fingerprint density at radius 2 is 1.81 bits per heavy atom. The highest BCUT2D eigenvalue weighted by Gasteiger charge is 2.60. The van der Waals surface area contributed by atoms with E-state index in [1.165, 1.54) is 5.56 Å². The summed E-state index contributed by atoms with van der Waals surface area (Å²) in [7, 11) is 1.98. The average molecular weight is 419 g/mol. The SMILES string of the molecule is CN1C(=O)[C@H]2CN(Cc3cccnc3)C[C@H]2C12CCN(C(=O)Cc1ccccc1)CC2. The predicted octanol–water partition coefficient (Wildman–Crippen LogP) is 2.21. The predicted molar refractivity (Wildman–Crippen MR) is 118 cm³/mol. The van der Waals surface area contributed by atoms with Crippen molar-refractivity contribution >= 4 is 11.8 Å².